The predicted octanol–water partition coefficient (Wildman–Crippen LogP) is 2.16. The number of sulfonamides is 1. The lowest BCUT2D eigenvalue weighted by Gasteiger charge is -2.17. The maximum atomic E-state index is 13.7. The Labute approximate surface area is 125 Å². The van der Waals surface area contributed by atoms with Gasteiger partial charge in [-0.3, -0.25) is 4.79 Å². The van der Waals surface area contributed by atoms with E-state index in [2.05, 4.69) is 20.7 Å². The van der Waals surface area contributed by atoms with Crippen LogP contribution in [0.15, 0.2) is 27.6 Å². The molecule has 1 aromatic rings. The number of ether oxygens (including phenoxy) is 1. The third-order valence-corrected chi connectivity index (χ3v) is 5.05. The van der Waals surface area contributed by atoms with Crippen LogP contribution in [0.25, 0.3) is 0 Å². The summed E-state index contributed by atoms with van der Waals surface area (Å²) >= 11 is 3.07. The molecule has 0 unspecified atom stereocenters. The quantitative estimate of drug-likeness (QED) is 0.722. The molecular formula is C12H15BrFNO4S. The first-order valence-corrected chi connectivity index (χ1v) is 8.00. The summed E-state index contributed by atoms with van der Waals surface area (Å²) in [4.78, 5) is 10.6. The molecule has 0 radical (unpaired) electrons. The van der Waals surface area contributed by atoms with Crippen LogP contribution in [0.2, 0.25) is 0 Å². The van der Waals surface area contributed by atoms with Crippen molar-refractivity contribution in [1.82, 2.24) is 4.31 Å². The van der Waals surface area contributed by atoms with Gasteiger partial charge in [0.05, 0.1) is 7.11 Å². The van der Waals surface area contributed by atoms with Crippen LogP contribution < -0.4 is 0 Å². The first-order valence-electron chi connectivity index (χ1n) is 5.77. The van der Waals surface area contributed by atoms with Crippen LogP contribution >= 0.6 is 15.9 Å². The van der Waals surface area contributed by atoms with Crippen molar-refractivity contribution in [3.05, 3.63) is 28.5 Å². The average Bonchev–Trinajstić information content (AvgIpc) is 2.37. The lowest BCUT2D eigenvalue weighted by Crippen LogP contribution is -2.29. The Morgan fingerprint density at radius 1 is 1.45 bits per heavy atom. The minimum absolute atomic E-state index is 0.104. The number of hydrogen-bond donors (Lipinski definition) is 0. The zero-order chi connectivity index (χ0) is 15.3. The average molecular weight is 368 g/mol. The maximum Gasteiger partial charge on any atom is 0.305 e. The maximum absolute atomic E-state index is 13.7. The summed E-state index contributed by atoms with van der Waals surface area (Å²) in [6.45, 7) is 0.104. The van der Waals surface area contributed by atoms with Crippen molar-refractivity contribution < 1.29 is 22.3 Å². The molecule has 0 aromatic heterocycles. The van der Waals surface area contributed by atoms with Gasteiger partial charge in [-0.15, -0.1) is 0 Å². The van der Waals surface area contributed by atoms with Crippen LogP contribution in [0.5, 0.6) is 0 Å². The number of esters is 1. The van der Waals surface area contributed by atoms with Gasteiger partial charge >= 0.3 is 5.97 Å². The van der Waals surface area contributed by atoms with E-state index in [-0.39, 0.29) is 17.9 Å². The van der Waals surface area contributed by atoms with Gasteiger partial charge in [-0.2, -0.15) is 0 Å². The second-order valence-electron chi connectivity index (χ2n) is 4.08. The number of hydrogen-bond acceptors (Lipinski definition) is 4. The van der Waals surface area contributed by atoms with Crippen molar-refractivity contribution in [3.63, 3.8) is 0 Å². The molecule has 0 aliphatic heterocycles. The minimum atomic E-state index is -3.91. The topological polar surface area (TPSA) is 63.7 Å². The van der Waals surface area contributed by atoms with E-state index in [1.54, 1.807) is 0 Å². The molecule has 0 saturated heterocycles. The summed E-state index contributed by atoms with van der Waals surface area (Å²) in [7, 11) is -1.30. The Bertz CT molecular complexity index is 591. The second kappa shape index (κ2) is 7.14. The smallest absolute Gasteiger partial charge is 0.305 e. The van der Waals surface area contributed by atoms with Crippen molar-refractivity contribution in [1.29, 1.82) is 0 Å². The molecule has 0 spiro atoms. The summed E-state index contributed by atoms with van der Waals surface area (Å²) < 4.78 is 44.0. The highest BCUT2D eigenvalue weighted by molar-refractivity contribution is 9.10. The van der Waals surface area contributed by atoms with E-state index < -0.39 is 21.8 Å². The molecule has 112 valence electrons. The SMILES string of the molecule is COC(=O)CCCN(C)S(=O)(=O)c1ccc(Br)cc1F. The molecule has 0 fully saturated rings. The molecule has 0 bridgehead atoms. The number of carbonyl (C=O) groups excluding carboxylic acids is 1. The highest BCUT2D eigenvalue weighted by atomic mass is 79.9. The van der Waals surface area contributed by atoms with Crippen molar-refractivity contribution in [2.45, 2.75) is 17.7 Å². The largest absolute Gasteiger partial charge is 0.469 e. The normalized spacial score (nSPS) is 11.7. The molecule has 0 amide bonds. The molecule has 0 saturated carbocycles. The lowest BCUT2D eigenvalue weighted by atomic mass is 10.3. The molecule has 20 heavy (non-hydrogen) atoms. The van der Waals surface area contributed by atoms with E-state index >= 15 is 0 Å². The van der Waals surface area contributed by atoms with Crippen LogP contribution in [0, 0.1) is 5.82 Å². The molecule has 8 heteroatoms. The lowest BCUT2D eigenvalue weighted by molar-refractivity contribution is -0.140. The van der Waals surface area contributed by atoms with Gasteiger partial charge in [0.1, 0.15) is 10.7 Å². The van der Waals surface area contributed by atoms with Crippen LogP contribution in [0.4, 0.5) is 4.39 Å². The summed E-state index contributed by atoms with van der Waals surface area (Å²) in [5, 5.41) is 0. The number of nitrogens with zero attached hydrogens (tertiary/aromatic N) is 1. The minimum Gasteiger partial charge on any atom is -0.469 e. The Hall–Kier alpha value is -0.990. The zero-order valence-electron chi connectivity index (χ0n) is 11.1. The fraction of sp³-hybridized carbons (Fsp3) is 0.417. The Morgan fingerprint density at radius 2 is 2.10 bits per heavy atom. The van der Waals surface area contributed by atoms with Crippen LogP contribution in [0.3, 0.4) is 0 Å². The Morgan fingerprint density at radius 3 is 2.65 bits per heavy atom. The number of methoxy groups -OCH3 is 1. The molecule has 0 N–H and O–H groups in total. The standard InChI is InChI=1S/C12H15BrFNO4S/c1-15(7-3-4-12(16)19-2)20(17,18)11-6-5-9(13)8-10(11)14/h5-6,8H,3-4,7H2,1-2H3. The summed E-state index contributed by atoms with van der Waals surface area (Å²) in [6, 6.07) is 3.75. The number of halogens is 2. The van der Waals surface area contributed by atoms with Gasteiger partial charge in [-0.1, -0.05) is 15.9 Å². The van der Waals surface area contributed by atoms with Crippen LogP contribution in [0.1, 0.15) is 12.8 Å². The van der Waals surface area contributed by atoms with Crippen molar-refractivity contribution >= 4 is 31.9 Å². The van der Waals surface area contributed by atoms with E-state index in [0.29, 0.717) is 10.9 Å². The molecule has 1 aromatic carbocycles. The predicted molar refractivity (Wildman–Crippen MR) is 75.2 cm³/mol. The summed E-state index contributed by atoms with van der Waals surface area (Å²) in [5.74, 6) is -1.23. The summed E-state index contributed by atoms with van der Waals surface area (Å²) in [6.07, 6.45) is 0.416. The molecule has 0 atom stereocenters. The van der Waals surface area contributed by atoms with Crippen LogP contribution in [-0.4, -0.2) is 39.4 Å². The van der Waals surface area contributed by atoms with E-state index in [1.165, 1.54) is 26.3 Å². The monoisotopic (exact) mass is 367 g/mol. The van der Waals surface area contributed by atoms with Gasteiger partial charge in [0.25, 0.3) is 0 Å². The molecule has 1 rings (SSSR count). The van der Waals surface area contributed by atoms with Crippen molar-refractivity contribution in [2.24, 2.45) is 0 Å². The van der Waals surface area contributed by atoms with E-state index in [0.717, 1.165) is 10.4 Å². The molecule has 0 heterocycles. The second-order valence-corrected chi connectivity index (χ2v) is 7.01. The van der Waals surface area contributed by atoms with E-state index in [1.807, 2.05) is 0 Å². The molecule has 0 aliphatic carbocycles. The molecule has 0 aliphatic rings. The Balaban J connectivity index is 2.79. The zero-order valence-corrected chi connectivity index (χ0v) is 13.5. The number of rotatable bonds is 6. The molecular weight excluding hydrogens is 353 g/mol. The van der Waals surface area contributed by atoms with Gasteiger partial charge in [0.15, 0.2) is 0 Å². The Kier molecular flexibility index (Phi) is 6.09. The van der Waals surface area contributed by atoms with Gasteiger partial charge in [-0.25, -0.2) is 17.1 Å². The fourth-order valence-corrected chi connectivity index (χ4v) is 3.10. The third-order valence-electron chi connectivity index (χ3n) is 2.66. The number of carbonyl (C=O) groups is 1. The van der Waals surface area contributed by atoms with Gasteiger partial charge in [-0.05, 0) is 24.6 Å². The summed E-state index contributed by atoms with van der Waals surface area (Å²) in [5.41, 5.74) is 0. The highest BCUT2D eigenvalue weighted by Crippen LogP contribution is 2.22. The van der Waals surface area contributed by atoms with Crippen LogP contribution in [-0.2, 0) is 19.6 Å². The van der Waals surface area contributed by atoms with Gasteiger partial charge < -0.3 is 4.74 Å². The van der Waals surface area contributed by atoms with Crippen molar-refractivity contribution in [3.8, 4) is 0 Å². The van der Waals surface area contributed by atoms with Gasteiger partial charge in [0.2, 0.25) is 10.0 Å². The highest BCUT2D eigenvalue weighted by Gasteiger charge is 2.24. The first-order chi connectivity index (χ1) is 9.28. The molecule has 5 nitrogen and oxygen atoms in total. The van der Waals surface area contributed by atoms with E-state index in [9.17, 15) is 17.6 Å². The van der Waals surface area contributed by atoms with E-state index in [4.69, 9.17) is 0 Å². The van der Waals surface area contributed by atoms with Gasteiger partial charge in [0, 0.05) is 24.5 Å². The fourth-order valence-electron chi connectivity index (χ4n) is 1.52. The number of benzene rings is 1. The first kappa shape index (κ1) is 17.1. The van der Waals surface area contributed by atoms with Crippen molar-refractivity contribution in [2.75, 3.05) is 20.7 Å². The third kappa shape index (κ3) is 4.26.